The van der Waals surface area contributed by atoms with Crippen LogP contribution < -0.4 is 11.2 Å². The van der Waals surface area contributed by atoms with Crippen molar-refractivity contribution in [2.45, 2.75) is 65.7 Å². The molecule has 1 aliphatic rings. The minimum Gasteiger partial charge on any atom is -0.399 e. The van der Waals surface area contributed by atoms with Crippen molar-refractivity contribution < 1.29 is 9.31 Å². The summed E-state index contributed by atoms with van der Waals surface area (Å²) in [6, 6.07) is 6.17. The average Bonchev–Trinajstić information content (AvgIpc) is 3.31. The van der Waals surface area contributed by atoms with Crippen LogP contribution in [0.2, 0.25) is 0 Å². The van der Waals surface area contributed by atoms with Gasteiger partial charge >= 0.3 is 12.8 Å². The average molecular weight is 447 g/mol. The number of nitrogens with zero attached hydrogens (tertiary/aromatic N) is 5. The van der Waals surface area contributed by atoms with Gasteiger partial charge in [-0.15, -0.1) is 0 Å². The van der Waals surface area contributed by atoms with Gasteiger partial charge in [0.15, 0.2) is 0 Å². The highest BCUT2D eigenvalue weighted by Gasteiger charge is 2.51. The van der Waals surface area contributed by atoms with Gasteiger partial charge in [-0.1, -0.05) is 12.1 Å². The lowest BCUT2D eigenvalue weighted by Crippen LogP contribution is -2.41. The second kappa shape index (κ2) is 7.04. The second-order valence-electron chi connectivity index (χ2n) is 10.2. The van der Waals surface area contributed by atoms with Crippen molar-refractivity contribution in [3.8, 4) is 5.69 Å². The van der Waals surface area contributed by atoms with Gasteiger partial charge in [-0.2, -0.15) is 5.10 Å². The van der Waals surface area contributed by atoms with Crippen LogP contribution in [0.5, 0.6) is 0 Å². The zero-order valence-corrected chi connectivity index (χ0v) is 20.5. The van der Waals surface area contributed by atoms with Crippen LogP contribution in [-0.4, -0.2) is 42.2 Å². The van der Waals surface area contributed by atoms with Gasteiger partial charge in [0.05, 0.1) is 45.3 Å². The summed E-state index contributed by atoms with van der Waals surface area (Å²) in [6.45, 7) is 14.2. The van der Waals surface area contributed by atoms with E-state index in [2.05, 4.69) is 23.9 Å². The molecule has 0 amide bonds. The minimum absolute atomic E-state index is 0.133. The first kappa shape index (κ1) is 21.9. The van der Waals surface area contributed by atoms with Crippen LogP contribution in [0.15, 0.2) is 35.4 Å². The summed E-state index contributed by atoms with van der Waals surface area (Å²) in [7, 11) is 1.28. The van der Waals surface area contributed by atoms with Crippen LogP contribution >= 0.6 is 0 Å². The Bertz CT molecular complexity index is 1440. The van der Waals surface area contributed by atoms with Crippen LogP contribution in [0.1, 0.15) is 53.3 Å². The third-order valence-corrected chi connectivity index (χ3v) is 7.09. The highest BCUT2D eigenvalue weighted by molar-refractivity contribution is 6.62. The van der Waals surface area contributed by atoms with Crippen molar-refractivity contribution in [1.29, 1.82) is 0 Å². The van der Waals surface area contributed by atoms with Gasteiger partial charge in [-0.3, -0.25) is 18.8 Å². The van der Waals surface area contributed by atoms with E-state index < -0.39 is 18.3 Å². The van der Waals surface area contributed by atoms with E-state index in [9.17, 15) is 4.79 Å². The lowest BCUT2D eigenvalue weighted by Gasteiger charge is -2.32. The number of pyridine rings is 1. The first-order valence-corrected chi connectivity index (χ1v) is 11.3. The van der Waals surface area contributed by atoms with Crippen LogP contribution in [0.4, 0.5) is 0 Å². The molecule has 8 nitrogen and oxygen atoms in total. The monoisotopic (exact) mass is 447 g/mol. The van der Waals surface area contributed by atoms with Crippen molar-refractivity contribution in [2.24, 2.45) is 7.05 Å². The van der Waals surface area contributed by atoms with Crippen LogP contribution in [0.3, 0.4) is 0 Å². The van der Waals surface area contributed by atoms with Crippen molar-refractivity contribution >= 4 is 34.5 Å². The molecule has 0 N–H and O–H groups in total. The van der Waals surface area contributed by atoms with E-state index >= 15 is 0 Å². The quantitative estimate of drug-likeness (QED) is 0.451. The Morgan fingerprint density at radius 1 is 1.09 bits per heavy atom. The highest BCUT2D eigenvalue weighted by atomic mass is 16.7. The van der Waals surface area contributed by atoms with Crippen molar-refractivity contribution in [2.75, 3.05) is 0 Å². The summed E-state index contributed by atoms with van der Waals surface area (Å²) in [6.07, 6.45) is 3.69. The summed E-state index contributed by atoms with van der Waals surface area (Å²) in [5.74, 6) is 0. The fourth-order valence-corrected chi connectivity index (χ4v) is 4.32. The number of benzene rings is 1. The molecule has 3 aromatic heterocycles. The normalized spacial score (nSPS) is 17.7. The smallest absolute Gasteiger partial charge is 0.399 e. The topological polar surface area (TPSA) is 76.1 Å². The molecule has 9 heteroatoms. The zero-order chi connectivity index (χ0) is 23.9. The molecule has 0 atom stereocenters. The fraction of sp³-hybridized carbons (Fsp3) is 0.458. The number of aryl methyl sites for hydroxylation is 2. The highest BCUT2D eigenvalue weighted by Crippen LogP contribution is 2.37. The number of fused-ring (bicyclic) bond motifs is 3. The Balaban J connectivity index is 1.77. The van der Waals surface area contributed by atoms with Crippen molar-refractivity contribution in [3.05, 3.63) is 46.8 Å². The standard InChI is InChI=1S/C24H30BN5O3/c1-14(2)29-13-20(15(3)27-29)30-21-17-11-16(25-32-23(4,5)24(6,7)33-25)9-10-18(17)26-12-19(21)28(8)22(30)31/h9-14H,1-8H3. The Hall–Kier alpha value is -2.91. The summed E-state index contributed by atoms with van der Waals surface area (Å²) in [5.41, 5.74) is 3.82. The van der Waals surface area contributed by atoms with E-state index in [1.807, 2.05) is 63.7 Å². The van der Waals surface area contributed by atoms with Crippen molar-refractivity contribution in [1.82, 2.24) is 23.9 Å². The Morgan fingerprint density at radius 2 is 1.76 bits per heavy atom. The molecule has 0 unspecified atom stereocenters. The number of hydrogen-bond acceptors (Lipinski definition) is 5. The Labute approximate surface area is 193 Å². The van der Waals surface area contributed by atoms with Gasteiger partial charge in [0.1, 0.15) is 0 Å². The SMILES string of the molecule is Cc1nn(C(C)C)cc1-n1c(=O)n(C)c2cnc3ccc(B4OC(C)(C)C(C)(C)O4)cc3c21. The molecule has 0 spiro atoms. The molecular formula is C24H30BN5O3. The number of imidazole rings is 1. The summed E-state index contributed by atoms with van der Waals surface area (Å²) >= 11 is 0. The van der Waals surface area contributed by atoms with E-state index in [4.69, 9.17) is 9.31 Å². The molecule has 4 aromatic rings. The van der Waals surface area contributed by atoms with Gasteiger partial charge < -0.3 is 9.31 Å². The molecule has 1 saturated heterocycles. The van der Waals surface area contributed by atoms with E-state index in [0.717, 1.165) is 38.8 Å². The molecule has 0 aliphatic carbocycles. The van der Waals surface area contributed by atoms with Gasteiger partial charge in [0.2, 0.25) is 0 Å². The molecule has 0 saturated carbocycles. The third-order valence-electron chi connectivity index (χ3n) is 7.09. The minimum atomic E-state index is -0.496. The molecule has 5 rings (SSSR count). The Morgan fingerprint density at radius 3 is 2.36 bits per heavy atom. The molecule has 0 bridgehead atoms. The lowest BCUT2D eigenvalue weighted by molar-refractivity contribution is 0.00578. The van der Waals surface area contributed by atoms with Crippen LogP contribution in [0, 0.1) is 6.92 Å². The molecule has 33 heavy (non-hydrogen) atoms. The molecule has 172 valence electrons. The van der Waals surface area contributed by atoms with Crippen LogP contribution in [-0.2, 0) is 16.4 Å². The largest absolute Gasteiger partial charge is 0.494 e. The number of aromatic nitrogens is 5. The fourth-order valence-electron chi connectivity index (χ4n) is 4.32. The molecule has 1 aliphatic heterocycles. The molecular weight excluding hydrogens is 417 g/mol. The zero-order valence-electron chi connectivity index (χ0n) is 20.5. The predicted octanol–water partition coefficient (Wildman–Crippen LogP) is 3.26. The summed E-state index contributed by atoms with van der Waals surface area (Å²) < 4.78 is 17.8. The summed E-state index contributed by atoms with van der Waals surface area (Å²) in [5, 5.41) is 5.50. The third kappa shape index (κ3) is 3.17. The van der Waals surface area contributed by atoms with E-state index in [0.29, 0.717) is 0 Å². The first-order chi connectivity index (χ1) is 15.4. The van der Waals surface area contributed by atoms with Crippen molar-refractivity contribution in [3.63, 3.8) is 0 Å². The molecule has 4 heterocycles. The molecule has 0 radical (unpaired) electrons. The van der Waals surface area contributed by atoms with Gasteiger partial charge in [-0.25, -0.2) is 4.79 Å². The lowest BCUT2D eigenvalue weighted by atomic mass is 9.78. The molecule has 1 aromatic carbocycles. The number of rotatable bonds is 3. The number of hydrogen-bond donors (Lipinski definition) is 0. The van der Waals surface area contributed by atoms with E-state index in [1.54, 1.807) is 22.4 Å². The maximum absolute atomic E-state index is 13.4. The van der Waals surface area contributed by atoms with Gasteiger partial charge in [0.25, 0.3) is 0 Å². The maximum atomic E-state index is 13.4. The Kier molecular flexibility index (Phi) is 4.68. The summed E-state index contributed by atoms with van der Waals surface area (Å²) in [4.78, 5) is 18.0. The molecule has 1 fully saturated rings. The predicted molar refractivity (Wildman–Crippen MR) is 130 cm³/mol. The second-order valence-corrected chi connectivity index (χ2v) is 10.2. The van der Waals surface area contributed by atoms with Gasteiger partial charge in [-0.05, 0) is 60.0 Å². The van der Waals surface area contributed by atoms with Gasteiger partial charge in [0, 0.05) is 24.7 Å². The van der Waals surface area contributed by atoms with Crippen LogP contribution in [0.25, 0.3) is 27.6 Å². The van der Waals surface area contributed by atoms with E-state index in [1.165, 1.54) is 0 Å². The first-order valence-electron chi connectivity index (χ1n) is 11.3. The maximum Gasteiger partial charge on any atom is 0.494 e. The van der Waals surface area contributed by atoms with E-state index in [-0.39, 0.29) is 11.7 Å².